The van der Waals surface area contributed by atoms with Gasteiger partial charge in [-0.15, -0.1) is 0 Å². The molecule has 4 aromatic rings. The van der Waals surface area contributed by atoms with E-state index in [2.05, 4.69) is 61.5 Å². The summed E-state index contributed by atoms with van der Waals surface area (Å²) in [6, 6.07) is 18.4. The van der Waals surface area contributed by atoms with E-state index in [1.54, 1.807) is 12.1 Å². The first kappa shape index (κ1) is 32.5. The summed E-state index contributed by atoms with van der Waals surface area (Å²) < 4.78 is 73.1. The van der Waals surface area contributed by atoms with Crippen molar-refractivity contribution in [2.24, 2.45) is 15.0 Å². The smallest absolute Gasteiger partial charge is 0.200 e. The van der Waals surface area contributed by atoms with Crippen molar-refractivity contribution in [3.8, 4) is 0 Å². The number of allylic oxidation sites excluding steroid dienone is 2. The number of rotatable bonds is 6. The Bertz CT molecular complexity index is 1900. The van der Waals surface area contributed by atoms with Crippen LogP contribution in [0.3, 0.4) is 0 Å². The summed E-state index contributed by atoms with van der Waals surface area (Å²) in [4.78, 5) is 16.3. The van der Waals surface area contributed by atoms with Crippen molar-refractivity contribution in [2.75, 3.05) is 0 Å². The minimum Gasteiger partial charge on any atom is -0.354 e. The average Bonchev–Trinajstić information content (AvgIpc) is 3.69. The first-order valence-electron chi connectivity index (χ1n) is 14.6. The third-order valence-corrected chi connectivity index (χ3v) is 7.52. The fourth-order valence-electron chi connectivity index (χ4n) is 4.83. The van der Waals surface area contributed by atoms with Gasteiger partial charge in [-0.25, -0.2) is 26.9 Å². The average molecular weight is 629 g/mol. The Hall–Kier alpha value is -4.92. The van der Waals surface area contributed by atoms with Gasteiger partial charge in [0.2, 0.25) is 5.82 Å². The number of nitrogens with zero attached hydrogens (tertiary/aromatic N) is 3. The lowest BCUT2D eigenvalue weighted by atomic mass is 9.87. The van der Waals surface area contributed by atoms with Crippen LogP contribution in [0.15, 0.2) is 93.5 Å². The third-order valence-electron chi connectivity index (χ3n) is 7.52. The van der Waals surface area contributed by atoms with Gasteiger partial charge in [-0.1, -0.05) is 65.8 Å². The molecule has 0 amide bonds. The zero-order valence-corrected chi connectivity index (χ0v) is 26.3. The van der Waals surface area contributed by atoms with Gasteiger partial charge in [0.05, 0.1) is 46.5 Å². The lowest BCUT2D eigenvalue weighted by Crippen LogP contribution is -2.10. The van der Waals surface area contributed by atoms with Crippen LogP contribution in [-0.4, -0.2) is 23.1 Å². The molecule has 5 rings (SSSR count). The highest BCUT2D eigenvalue weighted by Gasteiger charge is 2.30. The van der Waals surface area contributed by atoms with Crippen LogP contribution in [0.4, 0.5) is 33.3 Å². The van der Waals surface area contributed by atoms with Crippen molar-refractivity contribution in [3.05, 3.63) is 136 Å². The molecule has 0 saturated carbocycles. The molecule has 4 nitrogen and oxygen atoms in total. The second kappa shape index (κ2) is 12.5. The number of nitrogens with one attached hydrogen (secondary N) is 1. The topological polar surface area (TPSA) is 52.9 Å². The molecule has 1 aromatic heterocycles. The van der Waals surface area contributed by atoms with E-state index in [1.165, 1.54) is 24.6 Å². The van der Waals surface area contributed by atoms with Crippen LogP contribution in [0.25, 0.3) is 5.57 Å². The third kappa shape index (κ3) is 6.83. The summed E-state index contributed by atoms with van der Waals surface area (Å²) in [7, 11) is 0. The quantitative estimate of drug-likeness (QED) is 0.0956. The van der Waals surface area contributed by atoms with E-state index in [0.29, 0.717) is 22.8 Å². The van der Waals surface area contributed by atoms with E-state index in [0.717, 1.165) is 11.1 Å². The number of H-pyrrole nitrogens is 1. The summed E-state index contributed by atoms with van der Waals surface area (Å²) >= 11 is 0. The molecule has 0 unspecified atom stereocenters. The van der Waals surface area contributed by atoms with Crippen LogP contribution < -0.4 is 0 Å². The predicted octanol–water partition coefficient (Wildman–Crippen LogP) is 10.2. The van der Waals surface area contributed by atoms with Gasteiger partial charge in [-0.05, 0) is 70.5 Å². The Labute approximate surface area is 264 Å². The van der Waals surface area contributed by atoms with Crippen LogP contribution in [-0.2, 0) is 10.8 Å². The van der Waals surface area contributed by atoms with E-state index < -0.39 is 34.6 Å². The molecule has 0 bridgehead atoms. The fourth-order valence-corrected chi connectivity index (χ4v) is 4.83. The predicted molar refractivity (Wildman–Crippen MR) is 175 cm³/mol. The number of benzene rings is 3. The van der Waals surface area contributed by atoms with Gasteiger partial charge >= 0.3 is 0 Å². The highest BCUT2D eigenvalue weighted by Crippen LogP contribution is 2.36. The standard InChI is InChI=1S/C37H33F5N4/c1-36(2,3)21-7-11-23(12-8-21)43-19-25-15-17-27(45-25)29(30-31(38)33(40)35(42)34(41)32(30)39)28-18-16-26(46-28)20-44-24-13-9-22(10-14-24)37(4,5)6/h7-20,45H,1-6H3/b29-28+,43-19?,44-20?. The van der Waals surface area contributed by atoms with Crippen LogP contribution in [0.1, 0.15) is 69.6 Å². The zero-order valence-electron chi connectivity index (χ0n) is 26.3. The maximum Gasteiger partial charge on any atom is 0.200 e. The minimum absolute atomic E-state index is 0.0177. The Morgan fingerprint density at radius 1 is 0.609 bits per heavy atom. The summed E-state index contributed by atoms with van der Waals surface area (Å²) in [6.45, 7) is 12.6. The van der Waals surface area contributed by atoms with Crippen molar-refractivity contribution >= 4 is 35.1 Å². The van der Waals surface area contributed by atoms with Gasteiger partial charge in [0.25, 0.3) is 0 Å². The Kier molecular flexibility index (Phi) is 8.80. The molecule has 1 aliphatic heterocycles. The first-order chi connectivity index (χ1) is 21.6. The number of aliphatic imine (C=N–C) groups is 3. The van der Waals surface area contributed by atoms with Crippen LogP contribution in [0.5, 0.6) is 0 Å². The molecule has 46 heavy (non-hydrogen) atoms. The Balaban J connectivity index is 1.53. The van der Waals surface area contributed by atoms with E-state index in [-0.39, 0.29) is 27.8 Å². The molecule has 0 radical (unpaired) electrons. The molecule has 9 heteroatoms. The summed E-state index contributed by atoms with van der Waals surface area (Å²) in [6.07, 6.45) is 5.94. The van der Waals surface area contributed by atoms with Gasteiger partial charge < -0.3 is 4.98 Å². The summed E-state index contributed by atoms with van der Waals surface area (Å²) in [5.74, 6) is -10.3. The Morgan fingerprint density at radius 2 is 1.09 bits per heavy atom. The normalized spacial score (nSPS) is 15.0. The van der Waals surface area contributed by atoms with E-state index in [4.69, 9.17) is 0 Å². The highest BCUT2D eigenvalue weighted by molar-refractivity contribution is 6.37. The number of halogens is 5. The Morgan fingerprint density at radius 3 is 1.59 bits per heavy atom. The molecule has 236 valence electrons. The van der Waals surface area contributed by atoms with Crippen molar-refractivity contribution in [3.63, 3.8) is 0 Å². The number of hydrogen-bond acceptors (Lipinski definition) is 3. The summed E-state index contributed by atoms with van der Waals surface area (Å²) in [5.41, 5.74) is 2.96. The van der Waals surface area contributed by atoms with Gasteiger partial charge in [0.15, 0.2) is 23.3 Å². The largest absolute Gasteiger partial charge is 0.354 e. The molecule has 0 saturated heterocycles. The van der Waals surface area contributed by atoms with Gasteiger partial charge in [-0.2, -0.15) is 0 Å². The van der Waals surface area contributed by atoms with Crippen LogP contribution >= 0.6 is 0 Å². The van der Waals surface area contributed by atoms with Crippen molar-refractivity contribution in [1.29, 1.82) is 0 Å². The van der Waals surface area contributed by atoms with Crippen molar-refractivity contribution in [1.82, 2.24) is 4.98 Å². The van der Waals surface area contributed by atoms with Gasteiger partial charge in [0.1, 0.15) is 0 Å². The molecular formula is C37H33F5N4. The van der Waals surface area contributed by atoms with E-state index >= 15 is 8.78 Å². The molecule has 1 N–H and O–H groups in total. The van der Waals surface area contributed by atoms with Crippen LogP contribution in [0.2, 0.25) is 0 Å². The van der Waals surface area contributed by atoms with Crippen molar-refractivity contribution < 1.29 is 22.0 Å². The van der Waals surface area contributed by atoms with E-state index in [1.807, 2.05) is 48.5 Å². The number of hydrogen-bond donors (Lipinski definition) is 1. The van der Waals surface area contributed by atoms with Crippen molar-refractivity contribution in [2.45, 2.75) is 52.4 Å². The molecule has 1 aliphatic rings. The molecule has 0 atom stereocenters. The van der Waals surface area contributed by atoms with Crippen LogP contribution in [0, 0.1) is 29.1 Å². The first-order valence-corrected chi connectivity index (χ1v) is 14.6. The monoisotopic (exact) mass is 628 g/mol. The molecule has 0 spiro atoms. The van der Waals surface area contributed by atoms with E-state index in [9.17, 15) is 13.2 Å². The maximum atomic E-state index is 15.2. The summed E-state index contributed by atoms with van der Waals surface area (Å²) in [5, 5.41) is 0. The zero-order chi connectivity index (χ0) is 33.4. The lowest BCUT2D eigenvalue weighted by Gasteiger charge is -2.18. The SMILES string of the molecule is CC(C)(C)c1ccc(N=CC2=N/C(=C(\c3ccc(C=Nc4ccc(C(C)(C)C)cc4)[nH]3)c3c(F)c(F)c(F)c(F)c3F)C=C2)cc1. The molecular weight excluding hydrogens is 595 g/mol. The number of aromatic amines is 1. The van der Waals surface area contributed by atoms with Gasteiger partial charge in [-0.3, -0.25) is 9.98 Å². The minimum atomic E-state index is -2.24. The second-order valence-electron chi connectivity index (χ2n) is 13.0. The molecule has 3 aromatic carbocycles. The number of aromatic nitrogens is 1. The fraction of sp³-hybridized carbons (Fsp3) is 0.216. The molecule has 0 aliphatic carbocycles. The molecule has 2 heterocycles. The molecule has 0 fully saturated rings. The lowest BCUT2D eigenvalue weighted by molar-refractivity contribution is 0.376. The maximum absolute atomic E-state index is 15.2. The second-order valence-corrected chi connectivity index (χ2v) is 13.0. The highest BCUT2D eigenvalue weighted by atomic mass is 19.2. The van der Waals surface area contributed by atoms with Gasteiger partial charge in [0, 0.05) is 11.3 Å².